The monoisotopic (exact) mass is 277 g/mol. The van der Waals surface area contributed by atoms with E-state index in [1.807, 2.05) is 36.1 Å². The number of benzene rings is 1. The van der Waals surface area contributed by atoms with Crippen LogP contribution in [-0.4, -0.2) is 54.6 Å². The van der Waals surface area contributed by atoms with Gasteiger partial charge in [0.05, 0.1) is 13.2 Å². The second-order valence-corrected chi connectivity index (χ2v) is 4.76. The molecule has 1 fully saturated rings. The van der Waals surface area contributed by atoms with Gasteiger partial charge in [-0.15, -0.1) is 0 Å². The van der Waals surface area contributed by atoms with E-state index in [0.717, 1.165) is 18.7 Å². The minimum Gasteiger partial charge on any atom is -0.410 e. The Labute approximate surface area is 118 Å². The molecule has 0 aromatic heterocycles. The van der Waals surface area contributed by atoms with Crippen LogP contribution in [0.25, 0.3) is 0 Å². The summed E-state index contributed by atoms with van der Waals surface area (Å²) < 4.78 is 5.24. The molecule has 0 atom stereocenters. The van der Waals surface area contributed by atoms with Gasteiger partial charge in [-0.1, -0.05) is 22.9 Å². The summed E-state index contributed by atoms with van der Waals surface area (Å²) in [4.78, 5) is 14.1. The van der Waals surface area contributed by atoms with E-state index in [-0.39, 0.29) is 11.6 Å². The quantitative estimate of drug-likeness (QED) is 0.491. The van der Waals surface area contributed by atoms with E-state index in [9.17, 15) is 4.79 Å². The molecule has 1 aliphatic rings. The summed E-state index contributed by atoms with van der Waals surface area (Å²) in [6, 6.07) is 7.45. The molecule has 108 valence electrons. The Morgan fingerprint density at radius 2 is 2.00 bits per heavy atom. The average molecular weight is 277 g/mol. The Morgan fingerprint density at radius 1 is 1.35 bits per heavy atom. The summed E-state index contributed by atoms with van der Waals surface area (Å²) in [5.41, 5.74) is 1.91. The largest absolute Gasteiger partial charge is 0.410 e. The van der Waals surface area contributed by atoms with E-state index in [2.05, 4.69) is 10.5 Å². The van der Waals surface area contributed by atoms with E-state index in [1.54, 1.807) is 0 Å². The highest BCUT2D eigenvalue weighted by molar-refractivity contribution is 6.43. The van der Waals surface area contributed by atoms with Crippen molar-refractivity contribution in [3.63, 3.8) is 0 Å². The Kier molecular flexibility index (Phi) is 5.09. The van der Waals surface area contributed by atoms with Crippen molar-refractivity contribution in [1.29, 1.82) is 0 Å². The number of nitrogens with one attached hydrogen (secondary N) is 1. The molecule has 0 spiro atoms. The fourth-order valence-corrected chi connectivity index (χ4v) is 1.96. The van der Waals surface area contributed by atoms with Crippen molar-refractivity contribution in [3.8, 4) is 0 Å². The second kappa shape index (κ2) is 7.02. The highest BCUT2D eigenvalue weighted by atomic mass is 16.5. The van der Waals surface area contributed by atoms with Crippen LogP contribution in [-0.2, 0) is 9.53 Å². The molecule has 1 aromatic rings. The van der Waals surface area contributed by atoms with Gasteiger partial charge in [-0.05, 0) is 19.1 Å². The molecule has 2 N–H and O–H groups in total. The Balaban J connectivity index is 1.93. The third kappa shape index (κ3) is 4.04. The van der Waals surface area contributed by atoms with Gasteiger partial charge in [0.25, 0.3) is 5.91 Å². The third-order valence-electron chi connectivity index (χ3n) is 3.17. The SMILES string of the molecule is Cc1ccc(NC(=O)/C(CN2CCOCC2)=N\O)cc1. The lowest BCUT2D eigenvalue weighted by atomic mass is 10.2. The molecular formula is C14H19N3O3. The van der Waals surface area contributed by atoms with Gasteiger partial charge >= 0.3 is 0 Å². The molecule has 1 heterocycles. The molecule has 0 saturated carbocycles. The number of morpholine rings is 1. The van der Waals surface area contributed by atoms with Crippen molar-refractivity contribution in [2.75, 3.05) is 38.2 Å². The highest BCUT2D eigenvalue weighted by Gasteiger charge is 2.18. The van der Waals surface area contributed by atoms with Crippen LogP contribution in [0.2, 0.25) is 0 Å². The summed E-state index contributed by atoms with van der Waals surface area (Å²) in [7, 11) is 0. The average Bonchev–Trinajstić information content (AvgIpc) is 2.48. The molecule has 1 aromatic carbocycles. The summed E-state index contributed by atoms with van der Waals surface area (Å²) in [5, 5.41) is 14.9. The van der Waals surface area contributed by atoms with Crippen LogP contribution in [0.5, 0.6) is 0 Å². The van der Waals surface area contributed by atoms with E-state index in [0.29, 0.717) is 25.4 Å². The van der Waals surface area contributed by atoms with E-state index in [4.69, 9.17) is 9.94 Å². The number of carbonyl (C=O) groups is 1. The fourth-order valence-electron chi connectivity index (χ4n) is 1.96. The van der Waals surface area contributed by atoms with Gasteiger partial charge in [-0.3, -0.25) is 9.69 Å². The van der Waals surface area contributed by atoms with Gasteiger partial charge < -0.3 is 15.3 Å². The third-order valence-corrected chi connectivity index (χ3v) is 3.17. The van der Waals surface area contributed by atoms with Crippen molar-refractivity contribution >= 4 is 17.3 Å². The van der Waals surface area contributed by atoms with Crippen LogP contribution >= 0.6 is 0 Å². The number of rotatable bonds is 4. The molecule has 1 aliphatic heterocycles. The number of amides is 1. The molecule has 6 nitrogen and oxygen atoms in total. The van der Waals surface area contributed by atoms with Crippen LogP contribution < -0.4 is 5.32 Å². The van der Waals surface area contributed by atoms with Crippen LogP contribution in [0, 0.1) is 6.92 Å². The van der Waals surface area contributed by atoms with Crippen molar-refractivity contribution in [2.45, 2.75) is 6.92 Å². The summed E-state index contributed by atoms with van der Waals surface area (Å²) >= 11 is 0. The summed E-state index contributed by atoms with van der Waals surface area (Å²) in [5.74, 6) is -0.386. The number of anilines is 1. The molecule has 0 bridgehead atoms. The Bertz CT molecular complexity index is 479. The van der Waals surface area contributed by atoms with Gasteiger partial charge in [0.15, 0.2) is 5.71 Å². The Morgan fingerprint density at radius 3 is 2.60 bits per heavy atom. The molecule has 2 rings (SSSR count). The van der Waals surface area contributed by atoms with Crippen molar-refractivity contribution in [1.82, 2.24) is 4.90 Å². The van der Waals surface area contributed by atoms with Gasteiger partial charge in [0.2, 0.25) is 0 Å². The van der Waals surface area contributed by atoms with E-state index in [1.165, 1.54) is 0 Å². The molecule has 0 unspecified atom stereocenters. The maximum atomic E-state index is 12.0. The standard InChI is InChI=1S/C14H19N3O3/c1-11-2-4-12(5-3-11)15-14(18)13(16-19)10-17-6-8-20-9-7-17/h2-5,19H,6-10H2,1H3,(H,15,18)/b16-13-. The number of ether oxygens (including phenoxy) is 1. The van der Waals surface area contributed by atoms with Crippen molar-refractivity contribution in [3.05, 3.63) is 29.8 Å². The highest BCUT2D eigenvalue weighted by Crippen LogP contribution is 2.09. The first-order valence-corrected chi connectivity index (χ1v) is 6.58. The van der Waals surface area contributed by atoms with Crippen LogP contribution in [0.1, 0.15) is 5.56 Å². The lowest BCUT2D eigenvalue weighted by Gasteiger charge is -2.26. The number of oxime groups is 1. The molecule has 1 amide bonds. The van der Waals surface area contributed by atoms with Crippen LogP contribution in [0.15, 0.2) is 29.4 Å². The van der Waals surface area contributed by atoms with Gasteiger partial charge in [-0.2, -0.15) is 0 Å². The molecular weight excluding hydrogens is 258 g/mol. The normalized spacial score (nSPS) is 16.9. The number of carbonyl (C=O) groups excluding carboxylic acids is 1. The van der Waals surface area contributed by atoms with Gasteiger partial charge in [0.1, 0.15) is 0 Å². The predicted molar refractivity (Wildman–Crippen MR) is 76.3 cm³/mol. The lowest BCUT2D eigenvalue weighted by molar-refractivity contribution is -0.110. The zero-order chi connectivity index (χ0) is 14.4. The topological polar surface area (TPSA) is 74.2 Å². The maximum absolute atomic E-state index is 12.0. The number of aryl methyl sites for hydroxylation is 1. The zero-order valence-electron chi connectivity index (χ0n) is 11.5. The first-order valence-electron chi connectivity index (χ1n) is 6.58. The molecule has 6 heteroatoms. The van der Waals surface area contributed by atoms with Crippen LogP contribution in [0.3, 0.4) is 0 Å². The molecule has 1 saturated heterocycles. The van der Waals surface area contributed by atoms with Gasteiger partial charge in [0, 0.05) is 25.3 Å². The summed E-state index contributed by atoms with van der Waals surface area (Å²) in [6.07, 6.45) is 0. The van der Waals surface area contributed by atoms with Crippen molar-refractivity contribution < 1.29 is 14.7 Å². The number of nitrogens with zero attached hydrogens (tertiary/aromatic N) is 2. The minimum atomic E-state index is -0.386. The van der Waals surface area contributed by atoms with Crippen molar-refractivity contribution in [2.24, 2.45) is 5.16 Å². The predicted octanol–water partition coefficient (Wildman–Crippen LogP) is 1.10. The number of hydrogen-bond donors (Lipinski definition) is 2. The fraction of sp³-hybridized carbons (Fsp3) is 0.429. The second-order valence-electron chi connectivity index (χ2n) is 4.76. The molecule has 0 radical (unpaired) electrons. The van der Waals surface area contributed by atoms with Crippen LogP contribution in [0.4, 0.5) is 5.69 Å². The van der Waals surface area contributed by atoms with E-state index < -0.39 is 0 Å². The Hall–Kier alpha value is -1.92. The smallest absolute Gasteiger partial charge is 0.274 e. The van der Waals surface area contributed by atoms with Gasteiger partial charge in [-0.25, -0.2) is 0 Å². The maximum Gasteiger partial charge on any atom is 0.274 e. The zero-order valence-corrected chi connectivity index (χ0v) is 11.5. The number of hydrogen-bond acceptors (Lipinski definition) is 5. The van der Waals surface area contributed by atoms with E-state index >= 15 is 0 Å². The molecule has 0 aliphatic carbocycles. The minimum absolute atomic E-state index is 0.104. The first-order chi connectivity index (χ1) is 9.69. The molecule has 20 heavy (non-hydrogen) atoms. The lowest BCUT2D eigenvalue weighted by Crippen LogP contribution is -2.42. The summed E-state index contributed by atoms with van der Waals surface area (Å²) in [6.45, 7) is 5.03. The first kappa shape index (κ1) is 14.5.